The smallest absolute Gasteiger partial charge is 0.145 e. The SMILES string of the molecule is C[C@@H](O)[C@@H](N)c1c(F)ccc(Br)c1F. The summed E-state index contributed by atoms with van der Waals surface area (Å²) in [5.41, 5.74) is 5.16. The minimum Gasteiger partial charge on any atom is -0.391 e. The summed E-state index contributed by atoms with van der Waals surface area (Å²) in [6.07, 6.45) is -1.01. The first-order chi connectivity index (χ1) is 6.45. The summed E-state index contributed by atoms with van der Waals surface area (Å²) in [6, 6.07) is 1.29. The first-order valence-electron chi connectivity index (χ1n) is 4.02. The summed E-state index contributed by atoms with van der Waals surface area (Å²) in [4.78, 5) is 0. The molecule has 1 aromatic rings. The summed E-state index contributed by atoms with van der Waals surface area (Å²) in [5, 5.41) is 9.14. The van der Waals surface area contributed by atoms with Crippen LogP contribution in [0.4, 0.5) is 8.78 Å². The number of halogens is 3. The standard InChI is InChI=1S/C9H10BrF2NO/c1-4(14)9(13)7-6(11)3-2-5(10)8(7)12/h2-4,9,14H,13H2,1H3/t4-,9-/m1/s1. The fourth-order valence-corrected chi connectivity index (χ4v) is 1.44. The van der Waals surface area contributed by atoms with E-state index in [1.54, 1.807) is 0 Å². The van der Waals surface area contributed by atoms with Crippen molar-refractivity contribution in [1.29, 1.82) is 0 Å². The van der Waals surface area contributed by atoms with Gasteiger partial charge in [-0.2, -0.15) is 0 Å². The molecule has 0 aliphatic rings. The zero-order chi connectivity index (χ0) is 10.9. The fourth-order valence-electron chi connectivity index (χ4n) is 1.09. The van der Waals surface area contributed by atoms with Gasteiger partial charge >= 0.3 is 0 Å². The van der Waals surface area contributed by atoms with Crippen LogP contribution < -0.4 is 5.73 Å². The summed E-state index contributed by atoms with van der Waals surface area (Å²) in [5.74, 6) is -1.52. The van der Waals surface area contributed by atoms with Crippen LogP contribution in [0.15, 0.2) is 16.6 Å². The molecule has 0 spiro atoms. The number of aliphatic hydroxyl groups is 1. The van der Waals surface area contributed by atoms with E-state index in [-0.39, 0.29) is 10.0 Å². The van der Waals surface area contributed by atoms with Gasteiger partial charge in [0.15, 0.2) is 0 Å². The van der Waals surface area contributed by atoms with E-state index in [2.05, 4.69) is 15.9 Å². The number of hydrogen-bond acceptors (Lipinski definition) is 2. The minimum absolute atomic E-state index is 0.130. The Morgan fingerprint density at radius 3 is 2.50 bits per heavy atom. The minimum atomic E-state index is -1.06. The molecule has 0 unspecified atom stereocenters. The van der Waals surface area contributed by atoms with E-state index >= 15 is 0 Å². The van der Waals surface area contributed by atoms with Crippen LogP contribution in [0.5, 0.6) is 0 Å². The van der Waals surface area contributed by atoms with Crippen molar-refractivity contribution in [3.8, 4) is 0 Å². The molecule has 2 nitrogen and oxygen atoms in total. The first kappa shape index (κ1) is 11.6. The summed E-state index contributed by atoms with van der Waals surface area (Å²) < 4.78 is 26.7. The second-order valence-corrected chi connectivity index (χ2v) is 3.88. The van der Waals surface area contributed by atoms with Gasteiger partial charge in [0.05, 0.1) is 16.6 Å². The topological polar surface area (TPSA) is 46.2 Å². The van der Waals surface area contributed by atoms with E-state index in [1.165, 1.54) is 13.0 Å². The van der Waals surface area contributed by atoms with Gasteiger partial charge in [-0.25, -0.2) is 8.78 Å². The van der Waals surface area contributed by atoms with Crippen molar-refractivity contribution in [2.75, 3.05) is 0 Å². The average Bonchev–Trinajstić information content (AvgIpc) is 2.12. The molecule has 0 aromatic heterocycles. The highest BCUT2D eigenvalue weighted by atomic mass is 79.9. The lowest BCUT2D eigenvalue weighted by Gasteiger charge is -2.17. The summed E-state index contributed by atoms with van der Waals surface area (Å²) >= 11 is 2.92. The maximum absolute atomic E-state index is 13.4. The van der Waals surface area contributed by atoms with Crippen LogP contribution in [0, 0.1) is 11.6 Å². The van der Waals surface area contributed by atoms with E-state index < -0.39 is 23.8 Å². The average molecular weight is 266 g/mol. The number of nitrogens with two attached hydrogens (primary N) is 1. The Morgan fingerprint density at radius 1 is 1.43 bits per heavy atom. The molecule has 2 atom stereocenters. The van der Waals surface area contributed by atoms with E-state index in [0.29, 0.717) is 0 Å². The quantitative estimate of drug-likeness (QED) is 0.805. The lowest BCUT2D eigenvalue weighted by molar-refractivity contribution is 0.160. The predicted octanol–water partition coefficient (Wildman–Crippen LogP) is 2.11. The van der Waals surface area contributed by atoms with Crippen LogP contribution in [-0.2, 0) is 0 Å². The van der Waals surface area contributed by atoms with E-state index in [4.69, 9.17) is 10.8 Å². The summed E-state index contributed by atoms with van der Waals surface area (Å²) in [7, 11) is 0. The van der Waals surface area contributed by atoms with Crippen LogP contribution in [0.25, 0.3) is 0 Å². The third kappa shape index (κ3) is 2.10. The molecule has 0 saturated carbocycles. The molecule has 0 aliphatic carbocycles. The van der Waals surface area contributed by atoms with Crippen molar-refractivity contribution >= 4 is 15.9 Å². The van der Waals surface area contributed by atoms with E-state index in [1.807, 2.05) is 0 Å². The molecule has 0 saturated heterocycles. The maximum atomic E-state index is 13.4. The van der Waals surface area contributed by atoms with Crippen molar-refractivity contribution < 1.29 is 13.9 Å². The van der Waals surface area contributed by atoms with Crippen LogP contribution in [0.3, 0.4) is 0 Å². The van der Waals surface area contributed by atoms with Crippen LogP contribution >= 0.6 is 15.9 Å². The molecule has 0 aliphatic heterocycles. The van der Waals surface area contributed by atoms with Crippen molar-refractivity contribution in [3.63, 3.8) is 0 Å². The Kier molecular flexibility index (Phi) is 3.58. The zero-order valence-corrected chi connectivity index (χ0v) is 9.05. The molecule has 1 rings (SSSR count). The van der Waals surface area contributed by atoms with Crippen LogP contribution in [-0.4, -0.2) is 11.2 Å². The lowest BCUT2D eigenvalue weighted by Crippen LogP contribution is -2.25. The molecule has 14 heavy (non-hydrogen) atoms. The highest BCUT2D eigenvalue weighted by Gasteiger charge is 2.22. The van der Waals surface area contributed by atoms with Crippen molar-refractivity contribution in [2.45, 2.75) is 19.1 Å². The fraction of sp³-hybridized carbons (Fsp3) is 0.333. The molecule has 0 heterocycles. The molecule has 0 amide bonds. The second-order valence-electron chi connectivity index (χ2n) is 3.02. The lowest BCUT2D eigenvalue weighted by atomic mass is 10.0. The van der Waals surface area contributed by atoms with Crippen LogP contribution in [0.2, 0.25) is 0 Å². The number of hydrogen-bond donors (Lipinski definition) is 2. The number of rotatable bonds is 2. The maximum Gasteiger partial charge on any atom is 0.145 e. The van der Waals surface area contributed by atoms with Gasteiger partial charge in [-0.05, 0) is 35.0 Å². The third-order valence-electron chi connectivity index (χ3n) is 1.93. The van der Waals surface area contributed by atoms with Crippen molar-refractivity contribution in [3.05, 3.63) is 33.8 Å². The largest absolute Gasteiger partial charge is 0.391 e. The number of aliphatic hydroxyl groups excluding tert-OH is 1. The Hall–Kier alpha value is -0.520. The first-order valence-corrected chi connectivity index (χ1v) is 4.81. The highest BCUT2D eigenvalue weighted by Crippen LogP contribution is 2.26. The van der Waals surface area contributed by atoms with Gasteiger partial charge in [0.2, 0.25) is 0 Å². The van der Waals surface area contributed by atoms with Gasteiger partial charge < -0.3 is 10.8 Å². The van der Waals surface area contributed by atoms with Crippen molar-refractivity contribution in [1.82, 2.24) is 0 Å². The Morgan fingerprint density at radius 2 is 2.00 bits per heavy atom. The van der Waals surface area contributed by atoms with E-state index in [9.17, 15) is 8.78 Å². The van der Waals surface area contributed by atoms with Gasteiger partial charge in [0, 0.05) is 5.56 Å². The van der Waals surface area contributed by atoms with Crippen molar-refractivity contribution in [2.24, 2.45) is 5.73 Å². The van der Waals surface area contributed by atoms with Gasteiger partial charge in [-0.3, -0.25) is 0 Å². The highest BCUT2D eigenvalue weighted by molar-refractivity contribution is 9.10. The summed E-state index contributed by atoms with van der Waals surface area (Å²) in [6.45, 7) is 1.38. The second kappa shape index (κ2) is 4.33. The Labute approximate surface area is 88.9 Å². The molecular weight excluding hydrogens is 256 g/mol. The normalized spacial score (nSPS) is 15.3. The van der Waals surface area contributed by atoms with E-state index in [0.717, 1.165) is 6.07 Å². The predicted molar refractivity (Wildman–Crippen MR) is 52.7 cm³/mol. The van der Waals surface area contributed by atoms with Gasteiger partial charge in [0.1, 0.15) is 11.6 Å². The third-order valence-corrected chi connectivity index (χ3v) is 2.54. The molecule has 0 radical (unpaired) electrons. The molecule has 0 bridgehead atoms. The monoisotopic (exact) mass is 265 g/mol. The molecular formula is C9H10BrF2NO. The molecule has 0 fully saturated rings. The van der Waals surface area contributed by atoms with Gasteiger partial charge in [-0.15, -0.1) is 0 Å². The zero-order valence-electron chi connectivity index (χ0n) is 7.47. The molecule has 78 valence electrons. The molecule has 3 N–H and O–H groups in total. The Balaban J connectivity index is 3.25. The van der Waals surface area contributed by atoms with Gasteiger partial charge in [-0.1, -0.05) is 0 Å². The Bertz CT molecular complexity index is 344. The number of benzene rings is 1. The van der Waals surface area contributed by atoms with Crippen LogP contribution in [0.1, 0.15) is 18.5 Å². The van der Waals surface area contributed by atoms with Gasteiger partial charge in [0.25, 0.3) is 0 Å². The molecule has 1 aromatic carbocycles. The molecule has 5 heteroatoms.